The highest BCUT2D eigenvalue weighted by Gasteiger charge is 2.42. The van der Waals surface area contributed by atoms with Crippen LogP contribution in [0.3, 0.4) is 0 Å². The van der Waals surface area contributed by atoms with Crippen molar-refractivity contribution < 1.29 is 0 Å². The molecule has 0 aromatic rings. The van der Waals surface area contributed by atoms with Crippen molar-refractivity contribution in [2.45, 2.75) is 66.1 Å². The highest BCUT2D eigenvalue weighted by atomic mass is 31.3. The van der Waals surface area contributed by atoms with Gasteiger partial charge < -0.3 is 0 Å². The Morgan fingerprint density at radius 1 is 0.571 bits per heavy atom. The highest BCUT2D eigenvalue weighted by molar-refractivity contribution is 7.81. The summed E-state index contributed by atoms with van der Waals surface area (Å²) in [7, 11) is 21.2. The lowest BCUT2D eigenvalue weighted by atomic mass is 9.82. The number of rotatable bonds is 14. The fraction of sp³-hybridized carbons (Fsp3) is 1.00. The Hall–Kier alpha value is 0.600. The van der Waals surface area contributed by atoms with Crippen LogP contribution < -0.4 is 5.09 Å². The molecule has 254 valence electrons. The lowest BCUT2D eigenvalue weighted by Gasteiger charge is -2.45. The fourth-order valence-corrected chi connectivity index (χ4v) is 24.7. The Kier molecular flexibility index (Phi) is 15.7. The lowest BCUT2D eigenvalue weighted by Crippen LogP contribution is -2.31. The minimum atomic E-state index is -3.22. The first-order valence-electron chi connectivity index (χ1n) is 14.6. The first-order chi connectivity index (χ1) is 18.6. The molecule has 0 amide bonds. The lowest BCUT2D eigenvalue weighted by molar-refractivity contribution is 0.290. The molecule has 0 fully saturated rings. The molecule has 0 aromatic heterocycles. The predicted molar refractivity (Wildman–Crippen MR) is 196 cm³/mol. The van der Waals surface area contributed by atoms with Gasteiger partial charge in [-0.25, -0.2) is 4.74 Å². The number of hydrogen-bond acceptors (Lipinski definition) is 1. The van der Waals surface area contributed by atoms with E-state index >= 15 is 0 Å². The Bertz CT molecular complexity index is 980. The third-order valence-electron chi connectivity index (χ3n) is 7.00. The topological polar surface area (TPSA) is 84.1 Å². The molecule has 0 saturated carbocycles. The number of hydrogen-bond donors (Lipinski definition) is 1. The van der Waals surface area contributed by atoms with E-state index in [9.17, 15) is 0 Å². The Labute approximate surface area is 262 Å². The summed E-state index contributed by atoms with van der Waals surface area (Å²) in [5.41, 5.74) is -0.137. The molecule has 0 aliphatic rings. The summed E-state index contributed by atoms with van der Waals surface area (Å²) >= 11 is 0. The van der Waals surface area contributed by atoms with Gasteiger partial charge in [0, 0.05) is 5.66 Å². The third-order valence-corrected chi connectivity index (χ3v) is 23.5. The summed E-state index contributed by atoms with van der Waals surface area (Å²) in [6.45, 7) is 15.9. The van der Waals surface area contributed by atoms with E-state index in [0.29, 0.717) is 0 Å². The summed E-state index contributed by atoms with van der Waals surface area (Å²) in [6, 6.07) is 0. The second-order valence-corrected chi connectivity index (χ2v) is 28.4. The van der Waals surface area contributed by atoms with Gasteiger partial charge in [0.1, 0.15) is 7.36 Å². The van der Waals surface area contributed by atoms with Gasteiger partial charge in [0.15, 0.2) is 15.0 Å². The molecule has 0 aliphatic heterocycles. The van der Waals surface area contributed by atoms with Gasteiger partial charge in [-0.2, -0.15) is 13.5 Å². The van der Waals surface area contributed by atoms with Crippen LogP contribution in [-0.4, -0.2) is 150 Å². The standard InChI is InChI=1S/C26H70N12P4/c1-24(2)39(32(9)10,33(11)12)29-40(28-26(6,7)23-25(3,4)5,30-41(27-8,34(13)14)35(15)16)31-42(36(17)18,37(19)20)38(21)22/h24,27H,23H2,1-22H3. The van der Waals surface area contributed by atoms with Gasteiger partial charge in [0.2, 0.25) is 0 Å². The minimum Gasteiger partial charge on any atom is -0.264 e. The van der Waals surface area contributed by atoms with E-state index in [1.807, 2.05) is 7.05 Å². The maximum absolute atomic E-state index is 6.04. The van der Waals surface area contributed by atoms with Crippen molar-refractivity contribution in [2.24, 2.45) is 23.7 Å². The Balaban J connectivity index is 9.57. The summed E-state index contributed by atoms with van der Waals surface area (Å²) in [6.07, 6.45) is 0.881. The summed E-state index contributed by atoms with van der Waals surface area (Å²) in [5.74, 6) is 0. The van der Waals surface area contributed by atoms with Crippen LogP contribution >= 0.6 is 29.9 Å². The maximum Gasteiger partial charge on any atom is 0.305 e. The van der Waals surface area contributed by atoms with E-state index in [0.717, 1.165) is 6.42 Å². The summed E-state index contributed by atoms with van der Waals surface area (Å²) in [5, 5.41) is 3.65. The zero-order valence-electron chi connectivity index (χ0n) is 31.5. The molecule has 0 saturated heterocycles. The average Bonchev–Trinajstić information content (AvgIpc) is 2.75. The molecule has 0 spiro atoms. The molecule has 12 nitrogen and oxygen atoms in total. The summed E-state index contributed by atoms with van der Waals surface area (Å²) in [4.78, 5) is 0. The molecule has 1 unspecified atom stereocenters. The molecule has 1 N–H and O–H groups in total. The van der Waals surface area contributed by atoms with Crippen LogP contribution in [-0.2, 0) is 0 Å². The largest absolute Gasteiger partial charge is 0.305 e. The second kappa shape index (κ2) is 15.5. The molecule has 16 heteroatoms. The van der Waals surface area contributed by atoms with Gasteiger partial charge in [0.05, 0.1) is 5.54 Å². The minimum absolute atomic E-state index is 0.0608. The van der Waals surface area contributed by atoms with Crippen LogP contribution in [0.25, 0.3) is 0 Å². The van der Waals surface area contributed by atoms with E-state index < -0.39 is 35.4 Å². The van der Waals surface area contributed by atoms with Crippen LogP contribution in [0.15, 0.2) is 18.3 Å². The van der Waals surface area contributed by atoms with Crippen LogP contribution in [0.4, 0.5) is 0 Å². The van der Waals surface area contributed by atoms with E-state index in [-0.39, 0.29) is 11.1 Å². The molecule has 0 heterocycles. The Morgan fingerprint density at radius 2 is 0.952 bits per heavy atom. The van der Waals surface area contributed by atoms with Gasteiger partial charge in [-0.05, 0) is 131 Å². The quantitative estimate of drug-likeness (QED) is 0.189. The molecule has 1 atom stereocenters. The normalized spacial score (nSPS) is 16.0. The predicted octanol–water partition coefficient (Wildman–Crippen LogP) is 7.63. The van der Waals surface area contributed by atoms with Crippen molar-refractivity contribution in [3.8, 4) is 0 Å². The highest BCUT2D eigenvalue weighted by Crippen LogP contribution is 2.78. The molecule has 42 heavy (non-hydrogen) atoms. The fourth-order valence-electron chi connectivity index (χ4n) is 6.14. The van der Waals surface area contributed by atoms with E-state index in [1.165, 1.54) is 0 Å². The second-order valence-electron chi connectivity index (χ2n) is 14.4. The molecule has 0 aliphatic carbocycles. The molecule has 0 rings (SSSR count). The van der Waals surface area contributed by atoms with Gasteiger partial charge in [-0.3, -0.25) is 37.8 Å². The van der Waals surface area contributed by atoms with Crippen molar-refractivity contribution in [3.63, 3.8) is 0 Å². The molecular formula is C26H70N12P4. The SMILES string of the molecule is CNP(=NP(=NC(C)(C)CC(C)(C)C)(N=P(C(C)C)(N(C)C)N(C)C)N=P(N(C)C)(N(C)C)N(C)C)(N(C)C)N(C)C. The van der Waals surface area contributed by atoms with Gasteiger partial charge in [-0.1, -0.05) is 34.6 Å². The molecule has 0 radical (unpaired) electrons. The average molecular weight is 675 g/mol. The van der Waals surface area contributed by atoms with Crippen molar-refractivity contribution in [1.29, 1.82) is 0 Å². The van der Waals surface area contributed by atoms with Gasteiger partial charge in [-0.15, -0.1) is 0 Å². The van der Waals surface area contributed by atoms with Crippen LogP contribution in [0, 0.1) is 5.41 Å². The van der Waals surface area contributed by atoms with Crippen molar-refractivity contribution in [2.75, 3.05) is 106 Å². The monoisotopic (exact) mass is 674 g/mol. The zero-order valence-corrected chi connectivity index (χ0v) is 35.1. The van der Waals surface area contributed by atoms with Gasteiger partial charge in [0.25, 0.3) is 0 Å². The maximum atomic E-state index is 6.04. The number of nitrogens with zero attached hydrogens (tertiary/aromatic N) is 11. The van der Waals surface area contributed by atoms with Gasteiger partial charge >= 0.3 is 7.51 Å². The Morgan fingerprint density at radius 3 is 1.19 bits per heavy atom. The van der Waals surface area contributed by atoms with E-state index in [2.05, 4.69) is 185 Å². The molecule has 0 aromatic carbocycles. The van der Waals surface area contributed by atoms with Crippen molar-refractivity contribution in [1.82, 2.24) is 37.8 Å². The molecular weight excluding hydrogens is 604 g/mol. The molecule has 0 bridgehead atoms. The number of nitrogens with one attached hydrogen (secondary N) is 1. The van der Waals surface area contributed by atoms with E-state index in [4.69, 9.17) is 18.3 Å². The van der Waals surface area contributed by atoms with Crippen LogP contribution in [0.2, 0.25) is 0 Å². The smallest absolute Gasteiger partial charge is 0.264 e. The van der Waals surface area contributed by atoms with Crippen molar-refractivity contribution >= 4 is 29.9 Å². The van der Waals surface area contributed by atoms with E-state index in [1.54, 1.807) is 0 Å². The first-order valence-corrected chi connectivity index (χ1v) is 21.2. The third kappa shape index (κ3) is 9.56. The van der Waals surface area contributed by atoms with Crippen molar-refractivity contribution in [3.05, 3.63) is 0 Å². The summed E-state index contributed by atoms with van der Waals surface area (Å²) < 4.78 is 39.6. The van der Waals surface area contributed by atoms with Crippen LogP contribution in [0.5, 0.6) is 0 Å². The zero-order chi connectivity index (χ0) is 33.9. The first kappa shape index (κ1) is 42.6. The van der Waals surface area contributed by atoms with Crippen LogP contribution in [0.1, 0.15) is 54.9 Å².